The van der Waals surface area contributed by atoms with E-state index in [1.165, 1.54) is 30.4 Å². The fraction of sp³-hybridized carbons (Fsp3) is 0.440. The molecule has 2 aliphatic heterocycles. The Kier molecular flexibility index (Phi) is 8.18. The van der Waals surface area contributed by atoms with Crippen LogP contribution in [0.5, 0.6) is 5.75 Å². The molecule has 4 rings (SSSR count). The van der Waals surface area contributed by atoms with Gasteiger partial charge in [-0.05, 0) is 23.8 Å². The minimum absolute atomic E-state index is 0.0551. The van der Waals surface area contributed by atoms with E-state index in [-0.39, 0.29) is 11.3 Å². The Balaban J connectivity index is 1.50. The number of allylic oxidation sites excluding steroid dienone is 1. The molecule has 3 aliphatic rings. The molecule has 13 heteroatoms. The predicted octanol–water partition coefficient (Wildman–Crippen LogP) is -1.38. The van der Waals surface area contributed by atoms with E-state index in [0.717, 1.165) is 12.3 Å². The lowest BCUT2D eigenvalue weighted by Gasteiger charge is -2.44. The molecule has 1 fully saturated rings. The number of carboxylic acids is 1. The first-order valence-corrected chi connectivity index (χ1v) is 11.6. The van der Waals surface area contributed by atoms with Gasteiger partial charge >= 0.3 is 11.9 Å². The lowest BCUT2D eigenvalue weighted by atomic mass is 9.79. The van der Waals surface area contributed by atoms with E-state index in [4.69, 9.17) is 18.9 Å². The van der Waals surface area contributed by atoms with Crippen LogP contribution in [-0.2, 0) is 28.5 Å². The average molecular weight is 536 g/mol. The fourth-order valence-electron chi connectivity index (χ4n) is 4.57. The van der Waals surface area contributed by atoms with Crippen molar-refractivity contribution >= 4 is 18.0 Å². The van der Waals surface area contributed by atoms with Gasteiger partial charge in [0, 0.05) is 12.0 Å². The zero-order valence-corrected chi connectivity index (χ0v) is 19.8. The standard InChI is InChI=1S/C25H28O13/c26-9-16-19(29)20(30)21(31)24(37-16)38-23-18-14(15(10-35-23)22(32)33)7-8-25(18,34)11-36-17(28)6-3-12-1-4-13(27)5-2-12/h1-8,10,14,16,18-21,23-24,26-27,29-31,34H,9,11H2,(H,32,33)/b6-3+/t14-,16-,18-,19-,20+,21-,23+,24+,25+/m1/s1. The van der Waals surface area contributed by atoms with Crippen molar-refractivity contribution in [1.82, 2.24) is 0 Å². The Morgan fingerprint density at radius 3 is 2.42 bits per heavy atom. The molecule has 38 heavy (non-hydrogen) atoms. The Bertz CT molecular complexity index is 1110. The molecule has 0 bridgehead atoms. The number of aromatic hydroxyl groups is 1. The molecular weight excluding hydrogens is 508 g/mol. The summed E-state index contributed by atoms with van der Waals surface area (Å²) >= 11 is 0. The number of phenols is 1. The van der Waals surface area contributed by atoms with Gasteiger partial charge in [0.15, 0.2) is 6.29 Å². The minimum atomic E-state index is -1.97. The van der Waals surface area contributed by atoms with Crippen molar-refractivity contribution in [2.75, 3.05) is 13.2 Å². The molecule has 0 radical (unpaired) electrons. The number of hydrogen-bond acceptors (Lipinski definition) is 12. The first-order valence-electron chi connectivity index (χ1n) is 11.6. The highest BCUT2D eigenvalue weighted by atomic mass is 16.8. The highest BCUT2D eigenvalue weighted by molar-refractivity contribution is 5.88. The first-order chi connectivity index (χ1) is 18.0. The molecule has 1 aliphatic carbocycles. The van der Waals surface area contributed by atoms with Gasteiger partial charge in [0.05, 0.1) is 24.4 Å². The van der Waals surface area contributed by atoms with Crippen LogP contribution in [0.4, 0.5) is 0 Å². The van der Waals surface area contributed by atoms with Crippen LogP contribution >= 0.6 is 0 Å². The predicted molar refractivity (Wildman–Crippen MR) is 125 cm³/mol. The van der Waals surface area contributed by atoms with Crippen molar-refractivity contribution in [3.8, 4) is 5.75 Å². The third-order valence-corrected chi connectivity index (χ3v) is 6.65. The van der Waals surface area contributed by atoms with Crippen molar-refractivity contribution in [2.24, 2.45) is 11.8 Å². The van der Waals surface area contributed by atoms with Gasteiger partial charge in [-0.1, -0.05) is 24.3 Å². The minimum Gasteiger partial charge on any atom is -0.508 e. The van der Waals surface area contributed by atoms with Crippen LogP contribution in [0.15, 0.2) is 54.3 Å². The van der Waals surface area contributed by atoms with Gasteiger partial charge < -0.3 is 54.7 Å². The van der Waals surface area contributed by atoms with Crippen LogP contribution in [-0.4, -0.2) is 103 Å². The number of hydrogen-bond donors (Lipinski definition) is 7. The van der Waals surface area contributed by atoms with E-state index >= 15 is 0 Å². The van der Waals surface area contributed by atoms with E-state index in [1.54, 1.807) is 12.1 Å². The summed E-state index contributed by atoms with van der Waals surface area (Å²) in [5, 5.41) is 70.1. The molecule has 0 aromatic heterocycles. The van der Waals surface area contributed by atoms with Crippen molar-refractivity contribution < 1.29 is 64.3 Å². The smallest absolute Gasteiger partial charge is 0.335 e. The second kappa shape index (κ2) is 11.2. The summed E-state index contributed by atoms with van der Waals surface area (Å²) in [5.74, 6) is -4.23. The summed E-state index contributed by atoms with van der Waals surface area (Å²) < 4.78 is 21.6. The lowest BCUT2D eigenvalue weighted by Crippen LogP contribution is -2.61. The third kappa shape index (κ3) is 5.59. The van der Waals surface area contributed by atoms with E-state index < -0.39 is 79.6 Å². The van der Waals surface area contributed by atoms with Gasteiger partial charge in [-0.25, -0.2) is 9.59 Å². The van der Waals surface area contributed by atoms with Crippen LogP contribution in [0, 0.1) is 11.8 Å². The zero-order chi connectivity index (χ0) is 27.6. The molecule has 1 saturated heterocycles. The van der Waals surface area contributed by atoms with Crippen molar-refractivity contribution in [3.63, 3.8) is 0 Å². The molecule has 0 amide bonds. The van der Waals surface area contributed by atoms with Gasteiger partial charge in [-0.15, -0.1) is 0 Å². The number of aliphatic carboxylic acids is 1. The highest BCUT2D eigenvalue weighted by Gasteiger charge is 2.56. The molecule has 2 heterocycles. The molecule has 9 atom stereocenters. The second-order valence-corrected chi connectivity index (χ2v) is 9.15. The summed E-state index contributed by atoms with van der Waals surface area (Å²) in [4.78, 5) is 24.1. The van der Waals surface area contributed by atoms with Crippen LogP contribution < -0.4 is 0 Å². The topological polar surface area (TPSA) is 213 Å². The van der Waals surface area contributed by atoms with Crippen LogP contribution in [0.3, 0.4) is 0 Å². The molecule has 0 saturated carbocycles. The average Bonchev–Trinajstić information content (AvgIpc) is 3.25. The van der Waals surface area contributed by atoms with E-state index in [9.17, 15) is 45.3 Å². The fourth-order valence-corrected chi connectivity index (χ4v) is 4.57. The van der Waals surface area contributed by atoms with Gasteiger partial charge in [0.1, 0.15) is 42.4 Å². The van der Waals surface area contributed by atoms with Gasteiger partial charge in [-0.3, -0.25) is 0 Å². The summed E-state index contributed by atoms with van der Waals surface area (Å²) in [6.45, 7) is -1.32. The zero-order valence-electron chi connectivity index (χ0n) is 19.8. The number of aliphatic hydroxyl groups is 5. The second-order valence-electron chi connectivity index (χ2n) is 9.15. The number of esters is 1. The summed E-state index contributed by atoms with van der Waals surface area (Å²) in [5.41, 5.74) is -1.58. The number of carboxylic acid groups (broad SMARTS) is 1. The van der Waals surface area contributed by atoms with Crippen molar-refractivity contribution in [3.05, 3.63) is 59.9 Å². The Hall–Kier alpha value is -3.30. The molecule has 1 aromatic rings. The lowest BCUT2D eigenvalue weighted by molar-refractivity contribution is -0.346. The number of aliphatic hydroxyl groups excluding tert-OH is 4. The van der Waals surface area contributed by atoms with Crippen molar-refractivity contribution in [2.45, 2.75) is 42.6 Å². The number of phenolic OH excluding ortho intramolecular Hbond substituents is 1. The normalized spacial score (nSPS) is 36.4. The Morgan fingerprint density at radius 1 is 1.05 bits per heavy atom. The number of ether oxygens (including phenoxy) is 4. The van der Waals surface area contributed by atoms with Crippen LogP contribution in [0.2, 0.25) is 0 Å². The summed E-state index contributed by atoms with van der Waals surface area (Å²) in [7, 11) is 0. The molecule has 0 unspecified atom stereocenters. The number of benzene rings is 1. The van der Waals surface area contributed by atoms with E-state index in [1.807, 2.05) is 0 Å². The maximum Gasteiger partial charge on any atom is 0.335 e. The highest BCUT2D eigenvalue weighted by Crippen LogP contribution is 2.45. The largest absolute Gasteiger partial charge is 0.508 e. The SMILES string of the molecule is O=C(/C=C/c1ccc(O)cc1)OC[C@@]1(O)C=C[C@@H]2C(C(=O)O)=CO[C@@H](O[C@@H]3O[C@H](CO)[C@@H](O)[C@H](O)[C@H]3O)[C@@H]21. The molecule has 7 N–H and O–H groups in total. The maximum atomic E-state index is 12.3. The van der Waals surface area contributed by atoms with E-state index in [0.29, 0.717) is 5.56 Å². The van der Waals surface area contributed by atoms with Crippen LogP contribution in [0.25, 0.3) is 6.08 Å². The summed E-state index contributed by atoms with van der Waals surface area (Å²) in [6, 6.07) is 6.00. The van der Waals surface area contributed by atoms with Crippen molar-refractivity contribution in [1.29, 1.82) is 0 Å². The summed E-state index contributed by atoms with van der Waals surface area (Å²) in [6.07, 6.45) is -3.40. The maximum absolute atomic E-state index is 12.3. The number of carbonyl (C=O) groups excluding carboxylic acids is 1. The molecule has 1 aromatic carbocycles. The number of fused-ring (bicyclic) bond motifs is 1. The Labute approximate surface area is 216 Å². The monoisotopic (exact) mass is 536 g/mol. The molecular formula is C25H28O13. The molecule has 13 nitrogen and oxygen atoms in total. The van der Waals surface area contributed by atoms with Gasteiger partial charge in [-0.2, -0.15) is 0 Å². The van der Waals surface area contributed by atoms with Gasteiger partial charge in [0.25, 0.3) is 0 Å². The van der Waals surface area contributed by atoms with Gasteiger partial charge in [0.2, 0.25) is 6.29 Å². The van der Waals surface area contributed by atoms with Crippen LogP contribution in [0.1, 0.15) is 5.56 Å². The molecule has 0 spiro atoms. The molecule has 206 valence electrons. The quantitative estimate of drug-likeness (QED) is 0.116. The number of carbonyl (C=O) groups is 2. The third-order valence-electron chi connectivity index (χ3n) is 6.65. The Morgan fingerprint density at radius 2 is 1.76 bits per heavy atom. The van der Waals surface area contributed by atoms with E-state index in [2.05, 4.69) is 0 Å². The first kappa shape index (κ1) is 27.7. The number of rotatable bonds is 8.